The standard InChI is InChI=1S/C23H27F3O4SSi/c1-22(2,3)32(20-10-6-4-7-11-20,21-12-8-5-9-13-21)30-19-16-14-18(15-17-19)29-31(27,28)23(24,25)26/h4-14,19H,15-17H2,1-3H3. The summed E-state index contributed by atoms with van der Waals surface area (Å²) in [4.78, 5) is 0. The Balaban J connectivity index is 1.93. The molecule has 1 atom stereocenters. The molecule has 0 radical (unpaired) electrons. The van der Waals surface area contributed by atoms with E-state index in [1.165, 1.54) is 6.08 Å². The van der Waals surface area contributed by atoms with E-state index in [9.17, 15) is 21.6 Å². The summed E-state index contributed by atoms with van der Waals surface area (Å²) in [6, 6.07) is 20.1. The molecule has 0 aromatic heterocycles. The monoisotopic (exact) mass is 484 g/mol. The molecule has 0 heterocycles. The van der Waals surface area contributed by atoms with Crippen molar-refractivity contribution in [2.75, 3.05) is 0 Å². The van der Waals surface area contributed by atoms with Gasteiger partial charge in [-0.15, -0.1) is 0 Å². The van der Waals surface area contributed by atoms with E-state index in [1.54, 1.807) is 0 Å². The quantitative estimate of drug-likeness (QED) is 0.334. The first-order valence-electron chi connectivity index (χ1n) is 10.4. The molecular weight excluding hydrogens is 457 g/mol. The maximum atomic E-state index is 12.6. The second-order valence-corrected chi connectivity index (χ2v) is 14.6. The third-order valence-electron chi connectivity index (χ3n) is 5.58. The molecule has 3 rings (SSSR count). The Kier molecular flexibility index (Phi) is 6.93. The number of hydrogen-bond donors (Lipinski definition) is 0. The summed E-state index contributed by atoms with van der Waals surface area (Å²) in [5.74, 6) is -0.190. The van der Waals surface area contributed by atoms with Gasteiger partial charge < -0.3 is 8.61 Å². The van der Waals surface area contributed by atoms with E-state index in [4.69, 9.17) is 4.43 Å². The second-order valence-electron chi connectivity index (χ2n) is 8.83. The van der Waals surface area contributed by atoms with Crippen LogP contribution in [0.2, 0.25) is 5.04 Å². The molecule has 2 aromatic rings. The molecule has 9 heteroatoms. The molecule has 2 aromatic carbocycles. The van der Waals surface area contributed by atoms with Crippen molar-refractivity contribution in [3.05, 3.63) is 72.5 Å². The van der Waals surface area contributed by atoms with Crippen LogP contribution in [0.15, 0.2) is 72.5 Å². The summed E-state index contributed by atoms with van der Waals surface area (Å²) in [6.45, 7) is 6.42. The molecule has 174 valence electrons. The third-order valence-corrected chi connectivity index (χ3v) is 11.7. The van der Waals surface area contributed by atoms with E-state index in [2.05, 4.69) is 49.2 Å². The van der Waals surface area contributed by atoms with Crippen LogP contribution in [0.25, 0.3) is 0 Å². The van der Waals surface area contributed by atoms with Gasteiger partial charge in [-0.1, -0.05) is 81.4 Å². The highest BCUT2D eigenvalue weighted by Crippen LogP contribution is 2.39. The predicted octanol–water partition coefficient (Wildman–Crippen LogP) is 4.87. The zero-order chi connectivity index (χ0) is 23.6. The fraction of sp³-hybridized carbons (Fsp3) is 0.391. The van der Waals surface area contributed by atoms with Crippen molar-refractivity contribution in [1.29, 1.82) is 0 Å². The summed E-state index contributed by atoms with van der Waals surface area (Å²) in [5.41, 5.74) is -5.45. The van der Waals surface area contributed by atoms with Gasteiger partial charge in [0.1, 0.15) is 5.76 Å². The van der Waals surface area contributed by atoms with E-state index >= 15 is 0 Å². The van der Waals surface area contributed by atoms with Crippen LogP contribution in [-0.2, 0) is 18.7 Å². The van der Waals surface area contributed by atoms with Crippen LogP contribution in [0.3, 0.4) is 0 Å². The first-order valence-corrected chi connectivity index (χ1v) is 13.7. The second kappa shape index (κ2) is 9.03. The van der Waals surface area contributed by atoms with Gasteiger partial charge in [-0.2, -0.15) is 21.6 Å². The Morgan fingerprint density at radius 1 is 0.906 bits per heavy atom. The Hall–Kier alpha value is -2.10. The molecule has 0 spiro atoms. The Labute approximate surface area is 188 Å². The van der Waals surface area contributed by atoms with Crippen LogP contribution in [0, 0.1) is 0 Å². The number of allylic oxidation sites excluding steroid dienone is 1. The number of benzene rings is 2. The molecule has 1 unspecified atom stereocenters. The van der Waals surface area contributed by atoms with Gasteiger partial charge in [0.2, 0.25) is 0 Å². The largest absolute Gasteiger partial charge is 0.534 e. The molecule has 32 heavy (non-hydrogen) atoms. The van der Waals surface area contributed by atoms with E-state index < -0.39 is 23.9 Å². The molecule has 0 fully saturated rings. The zero-order valence-corrected chi connectivity index (χ0v) is 20.0. The Bertz CT molecular complexity index is 1010. The molecule has 1 aliphatic rings. The van der Waals surface area contributed by atoms with Gasteiger partial charge in [0.05, 0.1) is 0 Å². The topological polar surface area (TPSA) is 52.6 Å². The van der Waals surface area contributed by atoms with Crippen molar-refractivity contribution in [3.63, 3.8) is 0 Å². The van der Waals surface area contributed by atoms with E-state index in [0.717, 1.165) is 10.4 Å². The summed E-state index contributed by atoms with van der Waals surface area (Å²) in [7, 11) is -8.46. The highest BCUT2D eigenvalue weighted by Gasteiger charge is 2.52. The third kappa shape index (κ3) is 4.94. The first-order chi connectivity index (χ1) is 14.9. The van der Waals surface area contributed by atoms with Gasteiger partial charge >= 0.3 is 15.6 Å². The summed E-state index contributed by atoms with van der Waals surface area (Å²) < 4.78 is 71.8. The van der Waals surface area contributed by atoms with Crippen LogP contribution >= 0.6 is 0 Å². The van der Waals surface area contributed by atoms with Gasteiger partial charge in [-0.3, -0.25) is 0 Å². The number of rotatable bonds is 6. The van der Waals surface area contributed by atoms with Crippen molar-refractivity contribution in [2.45, 2.75) is 56.7 Å². The molecule has 1 aliphatic carbocycles. The van der Waals surface area contributed by atoms with Crippen molar-refractivity contribution in [2.24, 2.45) is 0 Å². The molecule has 0 saturated carbocycles. The number of halogens is 3. The minimum absolute atomic E-state index is 0.0537. The van der Waals surface area contributed by atoms with Gasteiger partial charge in [0.25, 0.3) is 8.32 Å². The molecule has 0 saturated heterocycles. The lowest BCUT2D eigenvalue weighted by molar-refractivity contribution is -0.0525. The smallest absolute Gasteiger partial charge is 0.404 e. The summed E-state index contributed by atoms with van der Waals surface area (Å²) in [6.07, 6.45) is 1.81. The predicted molar refractivity (Wildman–Crippen MR) is 120 cm³/mol. The summed E-state index contributed by atoms with van der Waals surface area (Å²) >= 11 is 0. The van der Waals surface area contributed by atoms with Crippen LogP contribution in [0.4, 0.5) is 13.2 Å². The lowest BCUT2D eigenvalue weighted by Gasteiger charge is -2.45. The zero-order valence-electron chi connectivity index (χ0n) is 18.2. The van der Waals surface area contributed by atoms with Gasteiger partial charge in [0.15, 0.2) is 0 Å². The molecule has 0 N–H and O–H groups in total. The maximum Gasteiger partial charge on any atom is 0.534 e. The normalized spacial score (nSPS) is 18.2. The lowest BCUT2D eigenvalue weighted by Crippen LogP contribution is -2.67. The van der Waals surface area contributed by atoms with Crippen LogP contribution in [0.5, 0.6) is 0 Å². The first kappa shape index (κ1) is 24.5. The van der Waals surface area contributed by atoms with E-state index in [0.29, 0.717) is 6.42 Å². The lowest BCUT2D eigenvalue weighted by atomic mass is 10.0. The Morgan fingerprint density at radius 3 is 1.78 bits per heavy atom. The fourth-order valence-electron chi connectivity index (χ4n) is 4.10. The van der Waals surface area contributed by atoms with Gasteiger partial charge in [-0.05, 0) is 34.3 Å². The molecule has 0 amide bonds. The molecule has 4 nitrogen and oxygen atoms in total. The van der Waals surface area contributed by atoms with Gasteiger partial charge in [0, 0.05) is 12.5 Å². The minimum atomic E-state index is -5.66. The molecule has 0 bridgehead atoms. The average molecular weight is 485 g/mol. The number of alkyl halides is 3. The molecular formula is C23H27F3O4SSi. The van der Waals surface area contributed by atoms with Crippen molar-refractivity contribution in [3.8, 4) is 0 Å². The van der Waals surface area contributed by atoms with Gasteiger partial charge in [-0.25, -0.2) is 0 Å². The Morgan fingerprint density at radius 2 is 1.41 bits per heavy atom. The molecule has 0 aliphatic heterocycles. The maximum absolute atomic E-state index is 12.6. The summed E-state index contributed by atoms with van der Waals surface area (Å²) in [5, 5.41) is 1.96. The van der Waals surface area contributed by atoms with E-state index in [1.807, 2.05) is 36.4 Å². The van der Waals surface area contributed by atoms with Crippen molar-refractivity contribution in [1.82, 2.24) is 0 Å². The average Bonchev–Trinajstić information content (AvgIpc) is 2.72. The van der Waals surface area contributed by atoms with E-state index in [-0.39, 0.29) is 29.7 Å². The van der Waals surface area contributed by atoms with Crippen LogP contribution in [-0.4, -0.2) is 28.3 Å². The van der Waals surface area contributed by atoms with Crippen molar-refractivity contribution >= 4 is 28.8 Å². The van der Waals surface area contributed by atoms with Crippen LogP contribution in [0.1, 0.15) is 40.0 Å². The number of hydrogen-bond acceptors (Lipinski definition) is 4. The van der Waals surface area contributed by atoms with Crippen LogP contribution < -0.4 is 10.4 Å². The van der Waals surface area contributed by atoms with Crippen molar-refractivity contribution < 1.29 is 30.2 Å². The highest BCUT2D eigenvalue weighted by atomic mass is 32.2. The minimum Gasteiger partial charge on any atom is -0.404 e. The fourth-order valence-corrected chi connectivity index (χ4v) is 9.35. The highest BCUT2D eigenvalue weighted by molar-refractivity contribution is 7.87. The SMILES string of the molecule is CC(C)(C)[Si](OC1CC=C(OS(=O)(=O)C(F)(F)F)CC1)(c1ccccc1)c1ccccc1.